The third-order valence-corrected chi connectivity index (χ3v) is 8.42. The Kier molecular flexibility index (Phi) is 11.3. The molecule has 0 unspecified atom stereocenters. The molecule has 234 valence electrons. The van der Waals surface area contributed by atoms with E-state index in [1.807, 2.05) is 56.3 Å². The third kappa shape index (κ3) is 8.54. The number of thiophene rings is 1. The zero-order valence-corrected chi connectivity index (χ0v) is 27.1. The second-order valence-corrected chi connectivity index (χ2v) is 12.8. The summed E-state index contributed by atoms with van der Waals surface area (Å²) in [7, 11) is 0. The van der Waals surface area contributed by atoms with Crippen molar-refractivity contribution in [2.45, 2.75) is 84.8 Å². The van der Waals surface area contributed by atoms with Crippen LogP contribution in [0.1, 0.15) is 97.9 Å². The predicted octanol–water partition coefficient (Wildman–Crippen LogP) is 7.47. The lowest BCUT2D eigenvalue weighted by molar-refractivity contribution is 0.0915. The largest absolute Gasteiger partial charge is 0.448 e. The summed E-state index contributed by atoms with van der Waals surface area (Å²) in [5, 5.41) is 14.2. The van der Waals surface area contributed by atoms with Crippen molar-refractivity contribution in [1.82, 2.24) is 20.4 Å². The van der Waals surface area contributed by atoms with E-state index in [1.165, 1.54) is 0 Å². The normalized spacial score (nSPS) is 11.6. The van der Waals surface area contributed by atoms with Crippen LogP contribution in [0.5, 0.6) is 0 Å². The van der Waals surface area contributed by atoms with E-state index >= 15 is 0 Å². The molecule has 0 saturated heterocycles. The van der Waals surface area contributed by atoms with Gasteiger partial charge in [-0.15, -0.1) is 16.4 Å². The van der Waals surface area contributed by atoms with Crippen molar-refractivity contribution >= 4 is 45.3 Å². The fourth-order valence-corrected chi connectivity index (χ4v) is 5.71. The lowest BCUT2D eigenvalue weighted by Gasteiger charge is -2.26. The molecule has 2 aromatic carbocycles. The number of benzene rings is 2. The molecule has 9 nitrogen and oxygen atoms in total. The summed E-state index contributed by atoms with van der Waals surface area (Å²) in [4.78, 5) is 40.6. The molecule has 3 N–H and O–H groups in total. The first kappa shape index (κ1) is 32.9. The summed E-state index contributed by atoms with van der Waals surface area (Å²) in [6.07, 6.45) is 4.46. The van der Waals surface area contributed by atoms with Crippen LogP contribution in [0, 0.1) is 0 Å². The number of hydrogen-bond donors (Lipinski definition) is 3. The maximum absolute atomic E-state index is 13.4. The Morgan fingerprint density at radius 3 is 2.34 bits per heavy atom. The summed E-state index contributed by atoms with van der Waals surface area (Å²) >= 11 is 1.13. The second kappa shape index (κ2) is 15.1. The van der Waals surface area contributed by atoms with Crippen LogP contribution in [-0.4, -0.2) is 40.3 Å². The summed E-state index contributed by atoms with van der Waals surface area (Å²) in [5.41, 5.74) is 1.84. The van der Waals surface area contributed by atoms with Gasteiger partial charge in [-0.1, -0.05) is 88.9 Å². The zero-order chi connectivity index (χ0) is 31.7. The standard InChI is InChI=1S/C34H43N5O4S/c1-6-7-8-9-13-20-43-33(42)39-32-27(21-28(44-32)31(41)37-34(4,5)26-14-11-10-12-15-26)29(38-39)36-30(40)25-18-16-24(17-19-25)22-35-23(2)3/h10-12,14-19,21,23,35H,6-9,13,20,22H2,1-5H3,(H,37,41)(H,36,38,40). The molecular formula is C34H43N5O4S. The molecule has 0 aliphatic rings. The Morgan fingerprint density at radius 1 is 0.955 bits per heavy atom. The van der Waals surface area contributed by atoms with Crippen LogP contribution in [0.2, 0.25) is 0 Å². The number of hydrogen-bond acceptors (Lipinski definition) is 7. The number of anilines is 1. The van der Waals surface area contributed by atoms with Crippen molar-refractivity contribution in [3.63, 3.8) is 0 Å². The Labute approximate surface area is 263 Å². The van der Waals surface area contributed by atoms with Gasteiger partial charge in [0.15, 0.2) is 5.82 Å². The van der Waals surface area contributed by atoms with Gasteiger partial charge in [-0.2, -0.15) is 4.68 Å². The summed E-state index contributed by atoms with van der Waals surface area (Å²) in [6, 6.07) is 19.0. The Balaban J connectivity index is 1.56. The van der Waals surface area contributed by atoms with Crippen molar-refractivity contribution in [2.75, 3.05) is 11.9 Å². The maximum Gasteiger partial charge on any atom is 0.436 e. The first-order valence-electron chi connectivity index (χ1n) is 15.3. The zero-order valence-electron chi connectivity index (χ0n) is 26.2. The van der Waals surface area contributed by atoms with Crippen molar-refractivity contribution in [3.8, 4) is 0 Å². The topological polar surface area (TPSA) is 114 Å². The molecule has 2 amide bonds. The molecule has 0 aliphatic heterocycles. The van der Waals surface area contributed by atoms with Crippen LogP contribution in [0.25, 0.3) is 10.2 Å². The molecule has 0 radical (unpaired) electrons. The Hall–Kier alpha value is -4.02. The molecule has 44 heavy (non-hydrogen) atoms. The number of carbonyl (C=O) groups excluding carboxylic acids is 3. The van der Waals surface area contributed by atoms with E-state index in [0.29, 0.717) is 33.2 Å². The number of unbranched alkanes of at least 4 members (excludes halogenated alkanes) is 4. The highest BCUT2D eigenvalue weighted by Crippen LogP contribution is 2.33. The molecular weight excluding hydrogens is 574 g/mol. The summed E-state index contributed by atoms with van der Waals surface area (Å²) < 4.78 is 6.67. The minimum atomic E-state index is -0.647. The predicted molar refractivity (Wildman–Crippen MR) is 176 cm³/mol. The monoisotopic (exact) mass is 617 g/mol. The molecule has 0 saturated carbocycles. The van der Waals surface area contributed by atoms with Gasteiger partial charge in [0, 0.05) is 18.2 Å². The van der Waals surface area contributed by atoms with Gasteiger partial charge in [-0.3, -0.25) is 9.59 Å². The number of rotatable bonds is 14. The van der Waals surface area contributed by atoms with Gasteiger partial charge >= 0.3 is 6.09 Å². The highest BCUT2D eigenvalue weighted by Gasteiger charge is 2.27. The number of carbonyl (C=O) groups is 3. The van der Waals surface area contributed by atoms with Gasteiger partial charge < -0.3 is 20.7 Å². The van der Waals surface area contributed by atoms with Crippen LogP contribution < -0.4 is 16.0 Å². The van der Waals surface area contributed by atoms with E-state index in [9.17, 15) is 14.4 Å². The fraction of sp³-hybridized carbons (Fsp3) is 0.412. The van der Waals surface area contributed by atoms with Gasteiger partial charge in [-0.25, -0.2) is 4.79 Å². The van der Waals surface area contributed by atoms with Gasteiger partial charge in [0.2, 0.25) is 0 Å². The minimum Gasteiger partial charge on any atom is -0.448 e. The maximum atomic E-state index is 13.4. The van der Waals surface area contributed by atoms with E-state index in [-0.39, 0.29) is 24.2 Å². The van der Waals surface area contributed by atoms with Crippen LogP contribution >= 0.6 is 11.3 Å². The number of amides is 2. The Morgan fingerprint density at radius 2 is 1.66 bits per heavy atom. The molecule has 2 heterocycles. The molecule has 0 aliphatic carbocycles. The highest BCUT2D eigenvalue weighted by atomic mass is 32.1. The minimum absolute atomic E-state index is 0.188. The average Bonchev–Trinajstić information content (AvgIpc) is 3.59. The number of nitrogens with zero attached hydrogens (tertiary/aromatic N) is 2. The van der Waals surface area contributed by atoms with Gasteiger partial charge in [-0.05, 0) is 49.6 Å². The van der Waals surface area contributed by atoms with Crippen LogP contribution in [0.3, 0.4) is 0 Å². The van der Waals surface area contributed by atoms with E-state index in [4.69, 9.17) is 4.74 Å². The van der Waals surface area contributed by atoms with Crippen LogP contribution in [-0.2, 0) is 16.8 Å². The summed E-state index contributed by atoms with van der Waals surface area (Å²) in [6.45, 7) is 11.1. The quantitative estimate of drug-likeness (QED) is 0.127. The molecule has 2 aromatic heterocycles. The third-order valence-electron chi connectivity index (χ3n) is 7.31. The Bertz CT molecular complexity index is 1560. The number of fused-ring (bicyclic) bond motifs is 1. The van der Waals surface area contributed by atoms with Crippen molar-refractivity contribution in [2.24, 2.45) is 0 Å². The summed E-state index contributed by atoms with van der Waals surface area (Å²) in [5.74, 6) is -0.474. The molecule has 4 aromatic rings. The first-order valence-corrected chi connectivity index (χ1v) is 16.1. The number of aromatic nitrogens is 2. The van der Waals surface area contributed by atoms with Gasteiger partial charge in [0.25, 0.3) is 11.8 Å². The van der Waals surface area contributed by atoms with Crippen molar-refractivity contribution < 1.29 is 19.1 Å². The lowest BCUT2D eigenvalue weighted by atomic mass is 9.94. The fourth-order valence-electron chi connectivity index (χ4n) is 4.71. The van der Waals surface area contributed by atoms with Crippen molar-refractivity contribution in [1.29, 1.82) is 0 Å². The van der Waals surface area contributed by atoms with E-state index < -0.39 is 11.6 Å². The smallest absolute Gasteiger partial charge is 0.436 e. The van der Waals surface area contributed by atoms with Gasteiger partial charge in [0.1, 0.15) is 4.83 Å². The molecule has 0 atom stereocenters. The first-order chi connectivity index (χ1) is 21.1. The van der Waals surface area contributed by atoms with E-state index in [1.54, 1.807) is 18.2 Å². The molecule has 0 bridgehead atoms. The second-order valence-electron chi connectivity index (χ2n) is 11.8. The van der Waals surface area contributed by atoms with E-state index in [2.05, 4.69) is 41.8 Å². The number of nitrogens with one attached hydrogen (secondary N) is 3. The highest BCUT2D eigenvalue weighted by molar-refractivity contribution is 7.20. The number of ether oxygens (including phenoxy) is 1. The molecule has 4 rings (SSSR count). The van der Waals surface area contributed by atoms with Gasteiger partial charge in [0.05, 0.1) is 22.4 Å². The average molecular weight is 618 g/mol. The lowest BCUT2D eigenvalue weighted by Crippen LogP contribution is -2.40. The molecule has 10 heteroatoms. The SMILES string of the molecule is CCCCCCCOC(=O)n1nc(NC(=O)c2ccc(CNC(C)C)cc2)c2cc(C(=O)NC(C)(C)c3ccccc3)sc21. The molecule has 0 spiro atoms. The van der Waals surface area contributed by atoms with Crippen LogP contribution in [0.4, 0.5) is 10.6 Å². The van der Waals surface area contributed by atoms with Crippen molar-refractivity contribution in [3.05, 3.63) is 82.2 Å². The van der Waals surface area contributed by atoms with E-state index in [0.717, 1.165) is 59.2 Å². The molecule has 0 fully saturated rings. The van der Waals surface area contributed by atoms with Crippen LogP contribution in [0.15, 0.2) is 60.7 Å².